The highest BCUT2D eigenvalue weighted by molar-refractivity contribution is 7.80. The predicted octanol–water partition coefficient (Wildman–Crippen LogP) is 3.79. The number of rotatable bonds is 2. The summed E-state index contributed by atoms with van der Waals surface area (Å²) in [6.45, 7) is 3.07. The maximum absolute atomic E-state index is 12.7. The van der Waals surface area contributed by atoms with Crippen molar-refractivity contribution < 1.29 is 4.79 Å². The van der Waals surface area contributed by atoms with Crippen LogP contribution in [-0.4, -0.2) is 47.1 Å². The monoisotopic (exact) mass is 416 g/mol. The Morgan fingerprint density at radius 3 is 2.56 bits per heavy atom. The first-order valence-corrected chi connectivity index (χ1v) is 10.2. The molecule has 138 valence electrons. The molecule has 0 unspecified atom stereocenters. The van der Waals surface area contributed by atoms with E-state index in [0.717, 1.165) is 42.1 Å². The lowest BCUT2D eigenvalue weighted by Gasteiger charge is -2.36. The number of benzene rings is 1. The number of halogens is 1. The molecular weight excluding hydrogens is 400 g/mol. The van der Waals surface area contributed by atoms with Crippen molar-refractivity contribution in [3.8, 4) is 0 Å². The van der Waals surface area contributed by atoms with Gasteiger partial charge in [0.25, 0.3) is 5.91 Å². The molecule has 8 heteroatoms. The number of hydrogen-bond acceptors (Lipinski definition) is 5. The van der Waals surface area contributed by atoms with Crippen LogP contribution in [0.4, 0.5) is 5.82 Å². The minimum atomic E-state index is -0.252. The molecule has 0 atom stereocenters. The number of carbonyl (C=O) groups is 1. The number of amides is 1. The molecule has 27 heavy (non-hydrogen) atoms. The lowest BCUT2D eigenvalue weighted by Crippen LogP contribution is -2.52. The Labute approximate surface area is 171 Å². The number of thiocarbonyl (C=S) groups is 1. The molecule has 0 spiro atoms. The summed E-state index contributed by atoms with van der Waals surface area (Å²) in [5.41, 5.74) is 0. The number of carbonyl (C=O) groups excluding carboxylic acids is 1. The topological polar surface area (TPSA) is 48.5 Å². The highest BCUT2D eigenvalue weighted by Crippen LogP contribution is 2.35. The molecule has 0 saturated carbocycles. The second-order valence-electron chi connectivity index (χ2n) is 6.16. The van der Waals surface area contributed by atoms with Crippen molar-refractivity contribution in [2.24, 2.45) is 0 Å². The van der Waals surface area contributed by atoms with Gasteiger partial charge in [0.15, 0.2) is 5.11 Å². The van der Waals surface area contributed by atoms with Gasteiger partial charge in [0.2, 0.25) is 0 Å². The third-order valence-electron chi connectivity index (χ3n) is 4.50. The first-order chi connectivity index (χ1) is 13.1. The summed E-state index contributed by atoms with van der Waals surface area (Å²) in [4.78, 5) is 21.7. The van der Waals surface area contributed by atoms with E-state index in [9.17, 15) is 4.79 Å². The summed E-state index contributed by atoms with van der Waals surface area (Å²) in [6, 6.07) is 13.6. The van der Waals surface area contributed by atoms with E-state index in [-0.39, 0.29) is 5.91 Å². The van der Waals surface area contributed by atoms with Crippen molar-refractivity contribution in [3.63, 3.8) is 0 Å². The number of aromatic nitrogens is 1. The molecule has 4 rings (SSSR count). The van der Waals surface area contributed by atoms with Crippen molar-refractivity contribution >= 4 is 62.1 Å². The molecule has 1 fully saturated rings. The number of fused-ring (bicyclic) bond motifs is 1. The van der Waals surface area contributed by atoms with Crippen molar-refractivity contribution in [2.45, 2.75) is 0 Å². The summed E-state index contributed by atoms with van der Waals surface area (Å²) in [6.07, 6.45) is 1.79. The van der Waals surface area contributed by atoms with Crippen LogP contribution in [0.3, 0.4) is 0 Å². The molecule has 0 radical (unpaired) electrons. The van der Waals surface area contributed by atoms with E-state index in [1.807, 2.05) is 47.4 Å². The zero-order valence-electron chi connectivity index (χ0n) is 14.4. The second-order valence-corrected chi connectivity index (χ2v) is 7.98. The summed E-state index contributed by atoms with van der Waals surface area (Å²) < 4.78 is 0.988. The van der Waals surface area contributed by atoms with Crippen LogP contribution in [0.5, 0.6) is 0 Å². The fourth-order valence-electron chi connectivity index (χ4n) is 3.07. The standard InChI is InChI=1S/C19H17ClN4OS2/c20-16-13-5-1-2-6-14(13)27-17(16)18(25)22-19(26)24-11-9-23(10-12-24)15-7-3-4-8-21-15/h1-8H,9-12H2,(H,22,25,26). The average Bonchev–Trinajstić information content (AvgIpc) is 3.06. The molecule has 1 N–H and O–H groups in total. The fourth-order valence-corrected chi connectivity index (χ4v) is 4.76. The first-order valence-electron chi connectivity index (χ1n) is 8.57. The Balaban J connectivity index is 1.39. The van der Waals surface area contributed by atoms with Crippen molar-refractivity contribution in [1.82, 2.24) is 15.2 Å². The van der Waals surface area contributed by atoms with Crippen LogP contribution in [0.2, 0.25) is 5.02 Å². The number of hydrogen-bond donors (Lipinski definition) is 1. The molecule has 3 aromatic rings. The van der Waals surface area contributed by atoms with Gasteiger partial charge in [-0.15, -0.1) is 11.3 Å². The lowest BCUT2D eigenvalue weighted by molar-refractivity contribution is 0.0977. The SMILES string of the molecule is O=C(NC(=S)N1CCN(c2ccccn2)CC1)c1sc2ccccc2c1Cl. The quantitative estimate of drug-likeness (QED) is 0.644. The van der Waals surface area contributed by atoms with Crippen LogP contribution in [0.1, 0.15) is 9.67 Å². The summed E-state index contributed by atoms with van der Waals surface area (Å²) >= 11 is 13.2. The van der Waals surface area contributed by atoms with E-state index >= 15 is 0 Å². The molecule has 5 nitrogen and oxygen atoms in total. The zero-order valence-corrected chi connectivity index (χ0v) is 16.8. The maximum Gasteiger partial charge on any atom is 0.269 e. The van der Waals surface area contributed by atoms with Crippen LogP contribution in [0.15, 0.2) is 48.7 Å². The smallest absolute Gasteiger partial charge is 0.269 e. The fraction of sp³-hybridized carbons (Fsp3) is 0.211. The molecule has 1 saturated heterocycles. The van der Waals surface area contributed by atoms with Crippen LogP contribution in [0, 0.1) is 0 Å². The van der Waals surface area contributed by atoms with Gasteiger partial charge in [-0.3, -0.25) is 10.1 Å². The van der Waals surface area contributed by atoms with Gasteiger partial charge < -0.3 is 9.80 Å². The highest BCUT2D eigenvalue weighted by atomic mass is 35.5. The Morgan fingerprint density at radius 2 is 1.85 bits per heavy atom. The summed E-state index contributed by atoms with van der Waals surface area (Å²) in [5, 5.41) is 4.65. The molecule has 1 aromatic carbocycles. The number of thiophene rings is 1. The average molecular weight is 417 g/mol. The van der Waals surface area contributed by atoms with Crippen LogP contribution < -0.4 is 10.2 Å². The summed E-state index contributed by atoms with van der Waals surface area (Å²) in [7, 11) is 0. The van der Waals surface area contributed by atoms with E-state index in [4.69, 9.17) is 23.8 Å². The highest BCUT2D eigenvalue weighted by Gasteiger charge is 2.23. The van der Waals surface area contributed by atoms with E-state index in [1.165, 1.54) is 11.3 Å². The molecule has 1 aliphatic heterocycles. The van der Waals surface area contributed by atoms with Gasteiger partial charge in [-0.05, 0) is 30.4 Å². The van der Waals surface area contributed by atoms with Gasteiger partial charge in [-0.2, -0.15) is 0 Å². The Kier molecular flexibility index (Phi) is 5.24. The lowest BCUT2D eigenvalue weighted by atomic mass is 10.2. The van der Waals surface area contributed by atoms with Gasteiger partial charge in [0.1, 0.15) is 10.7 Å². The van der Waals surface area contributed by atoms with Crippen molar-refractivity contribution in [1.29, 1.82) is 0 Å². The van der Waals surface area contributed by atoms with Gasteiger partial charge in [0, 0.05) is 42.5 Å². The molecule has 1 aliphatic rings. The minimum Gasteiger partial charge on any atom is -0.353 e. The van der Waals surface area contributed by atoms with E-state index in [1.54, 1.807) is 6.20 Å². The third-order valence-corrected chi connectivity index (χ3v) is 6.54. The van der Waals surface area contributed by atoms with Crippen LogP contribution in [-0.2, 0) is 0 Å². The molecule has 1 amide bonds. The number of anilines is 1. The first kappa shape index (κ1) is 18.2. The molecule has 0 bridgehead atoms. The summed E-state index contributed by atoms with van der Waals surface area (Å²) in [5.74, 6) is 0.711. The molecular formula is C19H17ClN4OS2. The Morgan fingerprint density at radius 1 is 1.11 bits per heavy atom. The van der Waals surface area contributed by atoms with Crippen LogP contribution >= 0.6 is 35.2 Å². The normalized spacial score (nSPS) is 14.4. The van der Waals surface area contributed by atoms with Crippen molar-refractivity contribution in [2.75, 3.05) is 31.1 Å². The maximum atomic E-state index is 12.7. The Bertz CT molecular complexity index is 984. The van der Waals surface area contributed by atoms with Crippen molar-refractivity contribution in [3.05, 3.63) is 58.6 Å². The minimum absolute atomic E-state index is 0.252. The second kappa shape index (κ2) is 7.80. The third kappa shape index (κ3) is 3.76. The largest absolute Gasteiger partial charge is 0.353 e. The van der Waals surface area contributed by atoms with Gasteiger partial charge >= 0.3 is 0 Å². The van der Waals surface area contributed by atoms with Gasteiger partial charge in [0.05, 0.1) is 5.02 Å². The van der Waals surface area contributed by atoms with Gasteiger partial charge in [-0.1, -0.05) is 35.9 Å². The van der Waals surface area contributed by atoms with E-state index in [2.05, 4.69) is 15.2 Å². The number of nitrogens with one attached hydrogen (secondary N) is 1. The zero-order chi connectivity index (χ0) is 18.8. The van der Waals surface area contributed by atoms with E-state index < -0.39 is 0 Å². The number of piperazine rings is 1. The number of pyridine rings is 1. The van der Waals surface area contributed by atoms with E-state index in [0.29, 0.717) is 15.0 Å². The molecule has 0 aliphatic carbocycles. The van der Waals surface area contributed by atoms with Crippen LogP contribution in [0.25, 0.3) is 10.1 Å². The molecule has 2 aromatic heterocycles. The number of nitrogens with zero attached hydrogens (tertiary/aromatic N) is 3. The Hall–Kier alpha value is -2.22. The molecule has 3 heterocycles. The predicted molar refractivity (Wildman–Crippen MR) is 115 cm³/mol. The van der Waals surface area contributed by atoms with Gasteiger partial charge in [-0.25, -0.2) is 4.98 Å².